The Morgan fingerprint density at radius 3 is 2.67 bits per heavy atom. The summed E-state index contributed by atoms with van der Waals surface area (Å²) in [4.78, 5) is 29.2. The maximum Gasteiger partial charge on any atom is 0.314 e. The zero-order valence-electron chi connectivity index (χ0n) is 18.3. The molecule has 10 heteroatoms. The first-order valence-electron chi connectivity index (χ1n) is 11.1. The molecule has 2 fully saturated rings. The smallest absolute Gasteiger partial charge is 0.314 e. The summed E-state index contributed by atoms with van der Waals surface area (Å²) in [5.74, 6) is 0.632. The first kappa shape index (κ1) is 21.4. The number of benzene rings is 1. The molecule has 172 valence electrons. The van der Waals surface area contributed by atoms with Crippen molar-refractivity contribution in [2.24, 2.45) is 5.73 Å². The maximum absolute atomic E-state index is 11.5. The summed E-state index contributed by atoms with van der Waals surface area (Å²) < 4.78 is 11.2. The number of ether oxygens (including phenoxy) is 2. The Bertz CT molecular complexity index is 1120. The zero-order chi connectivity index (χ0) is 22.6. The summed E-state index contributed by atoms with van der Waals surface area (Å²) in [5.41, 5.74) is 9.85. The van der Waals surface area contributed by atoms with Gasteiger partial charge in [-0.05, 0) is 18.2 Å². The van der Waals surface area contributed by atoms with Gasteiger partial charge in [-0.1, -0.05) is 12.1 Å². The molecule has 2 aliphatic heterocycles. The molecule has 1 atom stereocenters. The van der Waals surface area contributed by atoms with Gasteiger partial charge in [0.1, 0.15) is 5.52 Å². The number of rotatable bonds is 5. The Balaban J connectivity index is 1.37. The first-order valence-corrected chi connectivity index (χ1v) is 11.1. The number of nitrogens with one attached hydrogen (secondary N) is 1. The molecular weight excluding hydrogens is 422 g/mol. The maximum atomic E-state index is 11.5. The summed E-state index contributed by atoms with van der Waals surface area (Å²) >= 11 is 0. The number of urea groups is 1. The number of nitrogens with two attached hydrogens (primary N) is 1. The van der Waals surface area contributed by atoms with Crippen LogP contribution in [0.1, 0.15) is 0 Å². The lowest BCUT2D eigenvalue weighted by atomic mass is 10.1. The van der Waals surface area contributed by atoms with E-state index in [2.05, 4.69) is 44.5 Å². The summed E-state index contributed by atoms with van der Waals surface area (Å²) in [6.07, 6.45) is 3.14. The molecule has 2 aliphatic rings. The molecule has 2 aromatic heterocycles. The molecule has 5 rings (SSSR count). The number of nitrogens with zero attached hydrogens (tertiary/aromatic N) is 5. The second-order valence-electron chi connectivity index (χ2n) is 8.08. The lowest BCUT2D eigenvalue weighted by Crippen LogP contribution is -2.49. The number of primary amides is 1. The number of hydrogen-bond donors (Lipinski definition) is 2. The van der Waals surface area contributed by atoms with Gasteiger partial charge in [-0.3, -0.25) is 4.98 Å². The van der Waals surface area contributed by atoms with Gasteiger partial charge in [0.05, 0.1) is 43.7 Å². The van der Waals surface area contributed by atoms with Crippen molar-refractivity contribution in [1.82, 2.24) is 19.9 Å². The molecule has 1 unspecified atom stereocenters. The molecule has 2 saturated heterocycles. The first-order chi connectivity index (χ1) is 16.2. The van der Waals surface area contributed by atoms with Crippen LogP contribution in [0, 0.1) is 0 Å². The molecular formula is C23H27N7O3. The number of amides is 2. The van der Waals surface area contributed by atoms with E-state index in [1.807, 2.05) is 6.07 Å². The average molecular weight is 450 g/mol. The van der Waals surface area contributed by atoms with E-state index in [0.717, 1.165) is 43.1 Å². The lowest BCUT2D eigenvalue weighted by molar-refractivity contribution is -0.00516. The van der Waals surface area contributed by atoms with Gasteiger partial charge in [0, 0.05) is 49.8 Å². The highest BCUT2D eigenvalue weighted by atomic mass is 16.5. The molecule has 4 heterocycles. The van der Waals surface area contributed by atoms with E-state index in [0.29, 0.717) is 37.6 Å². The third-order valence-electron chi connectivity index (χ3n) is 5.94. The third-order valence-corrected chi connectivity index (χ3v) is 5.94. The number of morpholine rings is 2. The molecule has 0 bridgehead atoms. The fourth-order valence-electron chi connectivity index (χ4n) is 4.16. The standard InChI is InChI=1S/C23H27N7O3/c24-23(31)30-9-12-33-18(15-30)14-27-22-21-20(25-5-6-26-21)13-19(28-22)16-1-3-17(4-2-16)29-7-10-32-11-8-29/h1-6,13,18H,7-12,14-15H2,(H2,24,31)(H,27,28). The Hall–Kier alpha value is -3.50. The van der Waals surface area contributed by atoms with Crippen LogP contribution in [-0.4, -0.2) is 84.5 Å². The molecule has 0 aliphatic carbocycles. The van der Waals surface area contributed by atoms with Crippen LogP contribution < -0.4 is 16.0 Å². The minimum Gasteiger partial charge on any atom is -0.378 e. The van der Waals surface area contributed by atoms with Gasteiger partial charge in [-0.15, -0.1) is 0 Å². The summed E-state index contributed by atoms with van der Waals surface area (Å²) in [7, 11) is 0. The highest BCUT2D eigenvalue weighted by Crippen LogP contribution is 2.27. The zero-order valence-corrected chi connectivity index (χ0v) is 18.3. The Kier molecular flexibility index (Phi) is 6.18. The molecule has 3 aromatic rings. The van der Waals surface area contributed by atoms with Crippen LogP contribution in [0.25, 0.3) is 22.3 Å². The van der Waals surface area contributed by atoms with Crippen molar-refractivity contribution in [2.75, 3.05) is 62.8 Å². The van der Waals surface area contributed by atoms with Gasteiger partial charge < -0.3 is 30.3 Å². The van der Waals surface area contributed by atoms with E-state index in [1.165, 1.54) is 5.69 Å². The summed E-state index contributed by atoms with van der Waals surface area (Å²) in [6, 6.07) is 9.90. The Labute approximate surface area is 191 Å². The van der Waals surface area contributed by atoms with Crippen LogP contribution in [0.15, 0.2) is 42.7 Å². The number of fused-ring (bicyclic) bond motifs is 1. The number of pyridine rings is 1. The van der Waals surface area contributed by atoms with Gasteiger partial charge in [0.2, 0.25) is 0 Å². The Morgan fingerprint density at radius 1 is 1.09 bits per heavy atom. The van der Waals surface area contributed by atoms with Crippen LogP contribution in [0.4, 0.5) is 16.3 Å². The third kappa shape index (κ3) is 4.81. The number of carbonyl (C=O) groups is 1. The fraction of sp³-hybridized carbons (Fsp3) is 0.391. The molecule has 0 saturated carbocycles. The van der Waals surface area contributed by atoms with Crippen LogP contribution in [0.5, 0.6) is 0 Å². The average Bonchev–Trinajstić information content (AvgIpc) is 2.88. The largest absolute Gasteiger partial charge is 0.378 e. The molecule has 3 N–H and O–H groups in total. The second kappa shape index (κ2) is 9.55. The fourth-order valence-corrected chi connectivity index (χ4v) is 4.16. The SMILES string of the molecule is NC(=O)N1CCOC(CNc2nc(-c3ccc(N4CCOCC4)cc3)cc3nccnc23)C1. The van der Waals surface area contributed by atoms with Crippen molar-refractivity contribution < 1.29 is 14.3 Å². The second-order valence-corrected chi connectivity index (χ2v) is 8.08. The predicted molar refractivity (Wildman–Crippen MR) is 125 cm³/mol. The number of hydrogen-bond acceptors (Lipinski definition) is 8. The quantitative estimate of drug-likeness (QED) is 0.604. The monoisotopic (exact) mass is 449 g/mol. The van der Waals surface area contributed by atoms with Crippen LogP contribution >= 0.6 is 0 Å². The normalized spacial score (nSPS) is 19.0. The molecule has 0 spiro atoms. The van der Waals surface area contributed by atoms with E-state index in [-0.39, 0.29) is 6.10 Å². The van der Waals surface area contributed by atoms with E-state index in [9.17, 15) is 4.79 Å². The van der Waals surface area contributed by atoms with Crippen LogP contribution in [0.3, 0.4) is 0 Å². The number of anilines is 2. The number of aromatic nitrogens is 3. The van der Waals surface area contributed by atoms with Gasteiger partial charge in [-0.25, -0.2) is 14.8 Å². The van der Waals surface area contributed by atoms with Crippen molar-refractivity contribution in [3.05, 3.63) is 42.7 Å². The highest BCUT2D eigenvalue weighted by Gasteiger charge is 2.23. The number of carbonyl (C=O) groups excluding carboxylic acids is 1. The van der Waals surface area contributed by atoms with E-state index >= 15 is 0 Å². The minimum absolute atomic E-state index is 0.184. The van der Waals surface area contributed by atoms with Crippen molar-refractivity contribution in [3.63, 3.8) is 0 Å². The predicted octanol–water partition coefficient (Wildman–Crippen LogP) is 1.72. The highest BCUT2D eigenvalue weighted by molar-refractivity contribution is 5.88. The topological polar surface area (TPSA) is 119 Å². The molecule has 0 radical (unpaired) electrons. The Morgan fingerprint density at radius 2 is 1.88 bits per heavy atom. The molecule has 1 aromatic carbocycles. The van der Waals surface area contributed by atoms with Gasteiger partial charge in [-0.2, -0.15) is 0 Å². The van der Waals surface area contributed by atoms with E-state index in [1.54, 1.807) is 17.3 Å². The summed E-state index contributed by atoms with van der Waals surface area (Å²) in [6.45, 7) is 5.18. The van der Waals surface area contributed by atoms with Crippen LogP contribution in [-0.2, 0) is 9.47 Å². The minimum atomic E-state index is -0.430. The van der Waals surface area contributed by atoms with Gasteiger partial charge in [0.15, 0.2) is 5.82 Å². The van der Waals surface area contributed by atoms with Crippen molar-refractivity contribution in [3.8, 4) is 11.3 Å². The molecule has 10 nitrogen and oxygen atoms in total. The molecule has 2 amide bonds. The van der Waals surface area contributed by atoms with Gasteiger partial charge in [0.25, 0.3) is 0 Å². The van der Waals surface area contributed by atoms with Crippen LogP contribution in [0.2, 0.25) is 0 Å². The van der Waals surface area contributed by atoms with Crippen molar-refractivity contribution in [2.45, 2.75) is 6.10 Å². The van der Waals surface area contributed by atoms with E-state index in [4.69, 9.17) is 20.2 Å². The van der Waals surface area contributed by atoms with Gasteiger partial charge >= 0.3 is 6.03 Å². The molecule has 33 heavy (non-hydrogen) atoms. The lowest BCUT2D eigenvalue weighted by Gasteiger charge is -2.31. The van der Waals surface area contributed by atoms with Crippen molar-refractivity contribution in [1.29, 1.82) is 0 Å². The summed E-state index contributed by atoms with van der Waals surface area (Å²) in [5, 5.41) is 3.35. The van der Waals surface area contributed by atoms with E-state index < -0.39 is 6.03 Å². The van der Waals surface area contributed by atoms with Crippen molar-refractivity contribution >= 4 is 28.6 Å².